The molecule has 0 spiro atoms. The zero-order chi connectivity index (χ0) is 23.0. The lowest BCUT2D eigenvalue weighted by Gasteiger charge is -2.13. The van der Waals surface area contributed by atoms with Gasteiger partial charge in [0.05, 0.1) is 19.2 Å². The molecule has 1 N–H and O–H groups in total. The molecule has 0 saturated carbocycles. The normalized spacial score (nSPS) is 12.1. The SMILES string of the molecule is CCOc1cc(/C=N\NC(=O)Cc2ccc3c(c2)OCO3)ccc1OCc1ccccc1Cl. The molecule has 0 fully saturated rings. The summed E-state index contributed by atoms with van der Waals surface area (Å²) in [5.41, 5.74) is 4.99. The molecular formula is C25H23ClN2O5. The van der Waals surface area contributed by atoms with Crippen LogP contribution in [0.1, 0.15) is 23.6 Å². The Hall–Kier alpha value is -3.71. The number of benzene rings is 3. The van der Waals surface area contributed by atoms with Crippen LogP contribution in [0.25, 0.3) is 0 Å². The lowest BCUT2D eigenvalue weighted by atomic mass is 10.1. The van der Waals surface area contributed by atoms with E-state index in [4.69, 9.17) is 30.5 Å². The summed E-state index contributed by atoms with van der Waals surface area (Å²) in [5.74, 6) is 2.27. The molecule has 1 heterocycles. The first-order valence-corrected chi connectivity index (χ1v) is 10.8. The lowest BCUT2D eigenvalue weighted by molar-refractivity contribution is -0.120. The van der Waals surface area contributed by atoms with Crippen LogP contribution in [0, 0.1) is 0 Å². The number of hydrogen-bond acceptors (Lipinski definition) is 6. The molecule has 0 atom stereocenters. The highest BCUT2D eigenvalue weighted by Gasteiger charge is 2.14. The number of fused-ring (bicyclic) bond motifs is 1. The molecule has 0 saturated heterocycles. The molecular weight excluding hydrogens is 444 g/mol. The predicted molar refractivity (Wildman–Crippen MR) is 125 cm³/mol. The van der Waals surface area contributed by atoms with E-state index in [9.17, 15) is 4.79 Å². The number of hydrazone groups is 1. The van der Waals surface area contributed by atoms with E-state index in [0.717, 1.165) is 16.7 Å². The number of carbonyl (C=O) groups excluding carboxylic acids is 1. The molecule has 3 aromatic rings. The van der Waals surface area contributed by atoms with Crippen molar-refractivity contribution in [2.75, 3.05) is 13.4 Å². The van der Waals surface area contributed by atoms with E-state index in [1.807, 2.05) is 43.3 Å². The number of rotatable bonds is 9. The zero-order valence-corrected chi connectivity index (χ0v) is 18.8. The summed E-state index contributed by atoms with van der Waals surface area (Å²) < 4.78 is 22.2. The Labute approximate surface area is 196 Å². The first kappa shape index (κ1) is 22.5. The Balaban J connectivity index is 1.35. The van der Waals surface area contributed by atoms with Gasteiger partial charge in [0.25, 0.3) is 0 Å². The van der Waals surface area contributed by atoms with E-state index in [2.05, 4.69) is 10.5 Å². The molecule has 0 bridgehead atoms. The van der Waals surface area contributed by atoms with Crippen LogP contribution in [0.3, 0.4) is 0 Å². The third-order valence-electron chi connectivity index (χ3n) is 4.81. The van der Waals surface area contributed by atoms with Crippen LogP contribution in [-0.4, -0.2) is 25.5 Å². The number of hydrogen-bond donors (Lipinski definition) is 1. The van der Waals surface area contributed by atoms with Crippen LogP contribution < -0.4 is 24.4 Å². The molecule has 8 heteroatoms. The summed E-state index contributed by atoms with van der Waals surface area (Å²) in [5, 5.41) is 4.70. The minimum absolute atomic E-state index is 0.174. The molecule has 0 unspecified atom stereocenters. The Morgan fingerprint density at radius 1 is 1.06 bits per heavy atom. The molecule has 4 rings (SSSR count). The van der Waals surface area contributed by atoms with Crippen LogP contribution in [0.4, 0.5) is 0 Å². The molecule has 1 aliphatic heterocycles. The van der Waals surface area contributed by atoms with Crippen LogP contribution in [0.2, 0.25) is 5.02 Å². The monoisotopic (exact) mass is 466 g/mol. The highest BCUT2D eigenvalue weighted by Crippen LogP contribution is 2.32. The highest BCUT2D eigenvalue weighted by atomic mass is 35.5. The second-order valence-electron chi connectivity index (χ2n) is 7.18. The molecule has 7 nitrogen and oxygen atoms in total. The number of halogens is 1. The van der Waals surface area contributed by atoms with Gasteiger partial charge in [-0.15, -0.1) is 0 Å². The Morgan fingerprint density at radius 3 is 2.76 bits per heavy atom. The largest absolute Gasteiger partial charge is 0.490 e. The third-order valence-corrected chi connectivity index (χ3v) is 5.18. The van der Waals surface area contributed by atoms with E-state index in [0.29, 0.717) is 41.2 Å². The Bertz CT molecular complexity index is 1170. The maximum atomic E-state index is 12.2. The standard InChI is InChI=1S/C25H23ClN2O5/c1-2-30-23-12-18(8-10-21(23)31-15-19-5-3-4-6-20(19)26)14-27-28-25(29)13-17-7-9-22-24(11-17)33-16-32-22/h3-12,14H,2,13,15-16H2,1H3,(H,28,29)/b27-14-. The van der Waals surface area contributed by atoms with Gasteiger partial charge in [0.2, 0.25) is 12.7 Å². The fraction of sp³-hybridized carbons (Fsp3) is 0.200. The van der Waals surface area contributed by atoms with E-state index in [1.54, 1.807) is 30.5 Å². The van der Waals surface area contributed by atoms with Gasteiger partial charge in [-0.1, -0.05) is 35.9 Å². The predicted octanol–water partition coefficient (Wildman–Crippen LogP) is 4.74. The summed E-state index contributed by atoms with van der Waals surface area (Å²) in [7, 11) is 0. The Kier molecular flexibility index (Phi) is 7.32. The maximum Gasteiger partial charge on any atom is 0.244 e. The summed E-state index contributed by atoms with van der Waals surface area (Å²) in [6.07, 6.45) is 1.73. The van der Waals surface area contributed by atoms with Gasteiger partial charge >= 0.3 is 0 Å². The quantitative estimate of drug-likeness (QED) is 0.364. The molecule has 0 radical (unpaired) electrons. The second kappa shape index (κ2) is 10.7. The van der Waals surface area contributed by atoms with Gasteiger partial charge in [0.1, 0.15) is 6.61 Å². The molecule has 1 amide bonds. The summed E-state index contributed by atoms with van der Waals surface area (Å²) in [6.45, 7) is 2.90. The number of carbonyl (C=O) groups is 1. The summed E-state index contributed by atoms with van der Waals surface area (Å²) in [6, 6.07) is 18.4. The van der Waals surface area contributed by atoms with Crippen LogP contribution in [0.15, 0.2) is 65.8 Å². The van der Waals surface area contributed by atoms with E-state index < -0.39 is 0 Å². The molecule has 33 heavy (non-hydrogen) atoms. The topological polar surface area (TPSA) is 78.4 Å². The number of amides is 1. The average Bonchev–Trinajstić information content (AvgIpc) is 3.28. The van der Waals surface area contributed by atoms with E-state index >= 15 is 0 Å². The summed E-state index contributed by atoms with van der Waals surface area (Å²) >= 11 is 6.20. The summed E-state index contributed by atoms with van der Waals surface area (Å²) in [4.78, 5) is 12.2. The maximum absolute atomic E-state index is 12.2. The second-order valence-corrected chi connectivity index (χ2v) is 7.58. The average molecular weight is 467 g/mol. The van der Waals surface area contributed by atoms with Gasteiger partial charge in [0, 0.05) is 10.6 Å². The fourth-order valence-electron chi connectivity index (χ4n) is 3.22. The van der Waals surface area contributed by atoms with Crippen molar-refractivity contribution >= 4 is 23.7 Å². The van der Waals surface area contributed by atoms with Crippen LogP contribution in [0.5, 0.6) is 23.0 Å². The number of ether oxygens (including phenoxy) is 4. The first-order valence-electron chi connectivity index (χ1n) is 10.5. The van der Waals surface area contributed by atoms with Crippen molar-refractivity contribution in [3.8, 4) is 23.0 Å². The van der Waals surface area contributed by atoms with Gasteiger partial charge in [-0.25, -0.2) is 5.43 Å². The van der Waals surface area contributed by atoms with Gasteiger partial charge in [0.15, 0.2) is 23.0 Å². The smallest absolute Gasteiger partial charge is 0.244 e. The minimum Gasteiger partial charge on any atom is -0.490 e. The minimum atomic E-state index is -0.241. The van der Waals surface area contributed by atoms with E-state index in [-0.39, 0.29) is 19.1 Å². The van der Waals surface area contributed by atoms with Crippen molar-refractivity contribution in [2.45, 2.75) is 20.0 Å². The highest BCUT2D eigenvalue weighted by molar-refractivity contribution is 6.31. The van der Waals surface area contributed by atoms with E-state index in [1.165, 1.54) is 0 Å². The molecule has 3 aromatic carbocycles. The molecule has 170 valence electrons. The molecule has 1 aliphatic rings. The number of nitrogens with zero attached hydrogens (tertiary/aromatic N) is 1. The zero-order valence-electron chi connectivity index (χ0n) is 18.0. The van der Waals surface area contributed by atoms with Crippen LogP contribution >= 0.6 is 11.6 Å². The first-order chi connectivity index (χ1) is 16.1. The lowest BCUT2D eigenvalue weighted by Crippen LogP contribution is -2.19. The van der Waals surface area contributed by atoms with Gasteiger partial charge < -0.3 is 18.9 Å². The molecule has 0 aromatic heterocycles. The van der Waals surface area contributed by atoms with Crippen molar-refractivity contribution in [3.05, 3.63) is 82.4 Å². The van der Waals surface area contributed by atoms with Crippen molar-refractivity contribution < 1.29 is 23.7 Å². The third kappa shape index (κ3) is 5.96. The molecule has 0 aliphatic carbocycles. The van der Waals surface area contributed by atoms with Crippen molar-refractivity contribution in [3.63, 3.8) is 0 Å². The van der Waals surface area contributed by atoms with Gasteiger partial charge in [-0.05, 0) is 54.4 Å². The Morgan fingerprint density at radius 2 is 1.91 bits per heavy atom. The van der Waals surface area contributed by atoms with Crippen molar-refractivity contribution in [2.24, 2.45) is 5.10 Å². The van der Waals surface area contributed by atoms with Crippen molar-refractivity contribution in [1.29, 1.82) is 0 Å². The van der Waals surface area contributed by atoms with Crippen molar-refractivity contribution in [1.82, 2.24) is 5.43 Å². The van der Waals surface area contributed by atoms with Gasteiger partial charge in [-0.2, -0.15) is 5.10 Å². The van der Waals surface area contributed by atoms with Crippen LogP contribution in [-0.2, 0) is 17.8 Å². The van der Waals surface area contributed by atoms with Gasteiger partial charge in [-0.3, -0.25) is 4.79 Å². The fourth-order valence-corrected chi connectivity index (χ4v) is 3.41. The number of nitrogens with one attached hydrogen (secondary N) is 1.